The fourth-order valence-corrected chi connectivity index (χ4v) is 6.98. The van der Waals surface area contributed by atoms with Crippen molar-refractivity contribution in [3.8, 4) is 28.5 Å². The topological polar surface area (TPSA) is 102 Å². The molecule has 0 aliphatic carbocycles. The van der Waals surface area contributed by atoms with E-state index >= 15 is 4.39 Å². The zero-order valence-electron chi connectivity index (χ0n) is 25.4. The van der Waals surface area contributed by atoms with Crippen molar-refractivity contribution < 1.29 is 13.6 Å². The number of nitrogens with zero attached hydrogens (tertiary/aromatic N) is 6. The number of anilines is 2. The number of nitrogens with two attached hydrogens (primary N) is 1. The first-order chi connectivity index (χ1) is 22.0. The van der Waals surface area contributed by atoms with Crippen LogP contribution in [0, 0.1) is 23.0 Å². The maximum absolute atomic E-state index is 17.0. The monoisotopic (exact) mass is 657 g/mol. The van der Waals surface area contributed by atoms with Crippen molar-refractivity contribution in [3.05, 3.63) is 82.9 Å². The fraction of sp³-hybridized carbons (Fsp3) is 0.235. The number of aromatic nitrogens is 2. The molecule has 1 unspecified atom stereocenters. The summed E-state index contributed by atoms with van der Waals surface area (Å²) in [5.74, 6) is -1.43. The van der Waals surface area contributed by atoms with Crippen molar-refractivity contribution in [1.82, 2.24) is 19.8 Å². The number of carbonyl (C=O) groups excluding carboxylic acids is 1. The maximum Gasteiger partial charge on any atom is 0.246 e. The van der Waals surface area contributed by atoms with Crippen LogP contribution >= 0.6 is 22.9 Å². The number of carbonyl (C=O) groups is 1. The zero-order chi connectivity index (χ0) is 32.9. The molecule has 1 amide bonds. The summed E-state index contributed by atoms with van der Waals surface area (Å²) in [6, 6.07) is 14.4. The third-order valence-corrected chi connectivity index (χ3v) is 9.73. The SMILES string of the molecule is C=CC(=O)N1CCN(c2c(C#N)c(-c3cccc(C(C)N(C)C)c3)nc3c(F)c(-c4ccc(F)c5sc(N)nc45)c(Cl)cc23)CC1. The minimum absolute atomic E-state index is 0.000245. The van der Waals surface area contributed by atoms with Gasteiger partial charge in [-0.25, -0.2) is 18.7 Å². The minimum atomic E-state index is -0.729. The molecule has 1 fully saturated rings. The fourth-order valence-electron chi connectivity index (χ4n) is 5.92. The molecule has 0 saturated carbocycles. The van der Waals surface area contributed by atoms with Gasteiger partial charge in [0.1, 0.15) is 23.0 Å². The van der Waals surface area contributed by atoms with Gasteiger partial charge in [0.2, 0.25) is 5.91 Å². The van der Waals surface area contributed by atoms with E-state index in [0.717, 1.165) is 16.9 Å². The third-order valence-electron chi connectivity index (χ3n) is 8.54. The minimum Gasteiger partial charge on any atom is -0.375 e. The number of hydrogen-bond donors (Lipinski definition) is 1. The second-order valence-corrected chi connectivity index (χ2v) is 12.8. The highest BCUT2D eigenvalue weighted by Gasteiger charge is 2.29. The van der Waals surface area contributed by atoms with Gasteiger partial charge in [-0.2, -0.15) is 5.26 Å². The van der Waals surface area contributed by atoms with Gasteiger partial charge >= 0.3 is 0 Å². The van der Waals surface area contributed by atoms with Gasteiger partial charge < -0.3 is 20.4 Å². The van der Waals surface area contributed by atoms with Crippen LogP contribution < -0.4 is 10.6 Å². The average Bonchev–Trinajstić information content (AvgIpc) is 3.46. The van der Waals surface area contributed by atoms with Crippen molar-refractivity contribution in [2.75, 3.05) is 50.9 Å². The van der Waals surface area contributed by atoms with Gasteiger partial charge in [-0.1, -0.05) is 47.7 Å². The second-order valence-electron chi connectivity index (χ2n) is 11.3. The molecule has 1 aliphatic rings. The molecular weight excluding hydrogens is 628 g/mol. The van der Waals surface area contributed by atoms with Crippen LogP contribution in [0.3, 0.4) is 0 Å². The summed E-state index contributed by atoms with van der Waals surface area (Å²) in [6.07, 6.45) is 1.27. The molecule has 0 bridgehead atoms. The lowest BCUT2D eigenvalue weighted by Crippen LogP contribution is -2.48. The first-order valence-corrected chi connectivity index (χ1v) is 15.8. The highest BCUT2D eigenvalue weighted by atomic mass is 35.5. The van der Waals surface area contributed by atoms with Gasteiger partial charge in [-0.05, 0) is 56.9 Å². The Bertz CT molecular complexity index is 2080. The van der Waals surface area contributed by atoms with E-state index in [-0.39, 0.29) is 54.5 Å². The maximum atomic E-state index is 17.0. The Kier molecular flexibility index (Phi) is 8.37. The summed E-state index contributed by atoms with van der Waals surface area (Å²) in [6.45, 7) is 7.21. The number of thiazole rings is 1. The smallest absolute Gasteiger partial charge is 0.246 e. The molecule has 5 aromatic rings. The Morgan fingerprint density at radius 2 is 1.89 bits per heavy atom. The summed E-state index contributed by atoms with van der Waals surface area (Å²) in [5, 5.41) is 11.2. The van der Waals surface area contributed by atoms with E-state index in [1.54, 1.807) is 11.0 Å². The Balaban J connectivity index is 1.64. The summed E-state index contributed by atoms with van der Waals surface area (Å²) in [4.78, 5) is 27.1. The van der Waals surface area contributed by atoms with Gasteiger partial charge in [0.25, 0.3) is 0 Å². The molecule has 1 atom stereocenters. The van der Waals surface area contributed by atoms with Gasteiger partial charge in [0.05, 0.1) is 26.6 Å². The third kappa shape index (κ3) is 5.32. The Hall–Kier alpha value is -4.63. The van der Waals surface area contributed by atoms with Crippen molar-refractivity contribution in [2.24, 2.45) is 0 Å². The van der Waals surface area contributed by atoms with Crippen LogP contribution in [0.1, 0.15) is 24.1 Å². The molecule has 2 aromatic heterocycles. The molecule has 3 heterocycles. The van der Waals surface area contributed by atoms with Crippen LogP contribution in [0.25, 0.3) is 43.5 Å². The molecular formula is C34H30ClF2N7OS. The number of hydrogen-bond acceptors (Lipinski definition) is 8. The summed E-state index contributed by atoms with van der Waals surface area (Å²) >= 11 is 7.80. The lowest BCUT2D eigenvalue weighted by atomic mass is 9.95. The number of benzene rings is 3. The standard InChI is InChI=1S/C34H30ClF2N7OS/c1-5-26(45)43-11-13-44(14-12-43)32-22-16-24(35)27(21-9-10-25(36)33-31(21)41-34(39)46-33)28(37)30(22)40-29(23(32)17-38)20-8-6-7-19(15-20)18(2)42(3)4/h5-10,15-16,18H,1,11-14H2,2-4H3,(H2,39,41). The molecule has 3 aromatic carbocycles. The van der Waals surface area contributed by atoms with Crippen LogP contribution in [0.15, 0.2) is 55.1 Å². The van der Waals surface area contributed by atoms with Crippen molar-refractivity contribution in [2.45, 2.75) is 13.0 Å². The van der Waals surface area contributed by atoms with Gasteiger partial charge in [0.15, 0.2) is 10.9 Å². The average molecular weight is 658 g/mol. The molecule has 8 nitrogen and oxygen atoms in total. The summed E-state index contributed by atoms with van der Waals surface area (Å²) < 4.78 is 31.9. The number of halogens is 3. The molecule has 0 spiro atoms. The molecule has 0 radical (unpaired) electrons. The number of fused-ring (bicyclic) bond motifs is 2. The molecule has 1 saturated heterocycles. The number of amides is 1. The molecule has 234 valence electrons. The quantitative estimate of drug-likeness (QED) is 0.196. The number of rotatable bonds is 6. The number of nitriles is 1. The zero-order valence-corrected chi connectivity index (χ0v) is 27.0. The molecule has 46 heavy (non-hydrogen) atoms. The number of nitrogen functional groups attached to an aromatic ring is 1. The second kappa shape index (κ2) is 12.3. The van der Waals surface area contributed by atoms with E-state index < -0.39 is 11.6 Å². The summed E-state index contributed by atoms with van der Waals surface area (Å²) in [5.41, 5.74) is 9.12. The van der Waals surface area contributed by atoms with E-state index in [1.165, 1.54) is 18.2 Å². The molecule has 6 rings (SSSR count). The Morgan fingerprint density at radius 1 is 1.15 bits per heavy atom. The summed E-state index contributed by atoms with van der Waals surface area (Å²) in [7, 11) is 3.95. The van der Waals surface area contributed by atoms with Crippen molar-refractivity contribution in [3.63, 3.8) is 0 Å². The highest BCUT2D eigenvalue weighted by molar-refractivity contribution is 7.22. The van der Waals surface area contributed by atoms with Gasteiger partial charge in [-0.3, -0.25) is 4.79 Å². The highest BCUT2D eigenvalue weighted by Crippen LogP contribution is 2.45. The largest absolute Gasteiger partial charge is 0.375 e. The van der Waals surface area contributed by atoms with Gasteiger partial charge in [0, 0.05) is 54.3 Å². The van der Waals surface area contributed by atoms with E-state index in [0.29, 0.717) is 48.5 Å². The lowest BCUT2D eigenvalue weighted by molar-refractivity contribution is -0.126. The van der Waals surface area contributed by atoms with Gasteiger partial charge in [-0.15, -0.1) is 0 Å². The molecule has 12 heteroatoms. The van der Waals surface area contributed by atoms with E-state index in [2.05, 4.69) is 29.5 Å². The predicted molar refractivity (Wildman–Crippen MR) is 181 cm³/mol. The van der Waals surface area contributed by atoms with Crippen LogP contribution in [0.5, 0.6) is 0 Å². The normalized spacial score (nSPS) is 14.2. The Labute approximate surface area is 273 Å². The number of piperazine rings is 1. The first-order valence-electron chi connectivity index (χ1n) is 14.6. The number of pyridine rings is 1. The van der Waals surface area contributed by atoms with Crippen LogP contribution in [0.2, 0.25) is 5.02 Å². The van der Waals surface area contributed by atoms with E-state index in [1.807, 2.05) is 43.3 Å². The predicted octanol–water partition coefficient (Wildman–Crippen LogP) is 7.02. The van der Waals surface area contributed by atoms with Crippen LogP contribution in [0.4, 0.5) is 19.6 Å². The van der Waals surface area contributed by atoms with Crippen molar-refractivity contribution in [1.29, 1.82) is 5.26 Å². The first kappa shape index (κ1) is 31.4. The molecule has 1 aliphatic heterocycles. The van der Waals surface area contributed by atoms with Crippen LogP contribution in [-0.2, 0) is 4.79 Å². The van der Waals surface area contributed by atoms with Crippen LogP contribution in [-0.4, -0.2) is 65.9 Å². The van der Waals surface area contributed by atoms with E-state index in [4.69, 9.17) is 22.3 Å². The van der Waals surface area contributed by atoms with Crippen molar-refractivity contribution >= 4 is 60.8 Å². The lowest BCUT2D eigenvalue weighted by Gasteiger charge is -2.37. The van der Waals surface area contributed by atoms with E-state index in [9.17, 15) is 14.4 Å². The molecule has 2 N–H and O–H groups in total. The Morgan fingerprint density at radius 3 is 2.57 bits per heavy atom.